The van der Waals surface area contributed by atoms with E-state index in [1.807, 2.05) is 4.90 Å². The SMILES string of the molecule is O=C(Cn1ncc(N2CCCC2)c(Cl)c1=O)Nc1cccc(C(F)(F)F)c1. The summed E-state index contributed by atoms with van der Waals surface area (Å²) in [6.45, 7) is 1.09. The number of alkyl halides is 3. The fourth-order valence-electron chi connectivity index (χ4n) is 2.86. The summed E-state index contributed by atoms with van der Waals surface area (Å²) in [7, 11) is 0. The number of nitrogens with zero attached hydrogens (tertiary/aromatic N) is 3. The maximum absolute atomic E-state index is 12.7. The van der Waals surface area contributed by atoms with Gasteiger partial charge in [0.25, 0.3) is 5.56 Å². The van der Waals surface area contributed by atoms with E-state index in [4.69, 9.17) is 11.6 Å². The van der Waals surface area contributed by atoms with Crippen LogP contribution in [0.4, 0.5) is 24.5 Å². The minimum absolute atomic E-state index is 0.0253. The minimum Gasteiger partial charge on any atom is -0.369 e. The molecule has 1 aromatic carbocycles. The average Bonchev–Trinajstić information content (AvgIpc) is 3.13. The van der Waals surface area contributed by atoms with Gasteiger partial charge in [-0.25, -0.2) is 4.68 Å². The van der Waals surface area contributed by atoms with Gasteiger partial charge in [-0.15, -0.1) is 0 Å². The molecule has 0 saturated carbocycles. The molecule has 1 aromatic heterocycles. The van der Waals surface area contributed by atoms with E-state index in [2.05, 4.69) is 10.4 Å². The first kappa shape index (κ1) is 19.2. The number of anilines is 2. The Morgan fingerprint density at radius 1 is 1.26 bits per heavy atom. The summed E-state index contributed by atoms with van der Waals surface area (Å²) < 4.78 is 39.1. The van der Waals surface area contributed by atoms with Gasteiger partial charge >= 0.3 is 6.18 Å². The van der Waals surface area contributed by atoms with Crippen LogP contribution in [-0.4, -0.2) is 28.8 Å². The van der Waals surface area contributed by atoms with Gasteiger partial charge in [-0.1, -0.05) is 17.7 Å². The lowest BCUT2D eigenvalue weighted by atomic mass is 10.2. The lowest BCUT2D eigenvalue weighted by Crippen LogP contribution is -2.32. The zero-order valence-corrected chi connectivity index (χ0v) is 14.8. The molecule has 144 valence electrons. The molecule has 10 heteroatoms. The van der Waals surface area contributed by atoms with Crippen LogP contribution in [0.2, 0.25) is 5.02 Å². The summed E-state index contributed by atoms with van der Waals surface area (Å²) in [4.78, 5) is 26.4. The Labute approximate surface area is 157 Å². The average molecular weight is 401 g/mol. The molecule has 0 radical (unpaired) electrons. The highest BCUT2D eigenvalue weighted by molar-refractivity contribution is 6.33. The van der Waals surface area contributed by atoms with E-state index in [-0.39, 0.29) is 10.7 Å². The van der Waals surface area contributed by atoms with Gasteiger partial charge < -0.3 is 10.2 Å². The zero-order chi connectivity index (χ0) is 19.6. The first-order valence-electron chi connectivity index (χ1n) is 8.23. The van der Waals surface area contributed by atoms with Crippen molar-refractivity contribution in [3.05, 3.63) is 51.4 Å². The van der Waals surface area contributed by atoms with Crippen molar-refractivity contribution in [3.63, 3.8) is 0 Å². The van der Waals surface area contributed by atoms with Crippen LogP contribution in [0.1, 0.15) is 18.4 Å². The van der Waals surface area contributed by atoms with Gasteiger partial charge in [0.05, 0.1) is 17.4 Å². The van der Waals surface area contributed by atoms with Gasteiger partial charge in [0.15, 0.2) is 0 Å². The second-order valence-electron chi connectivity index (χ2n) is 6.13. The smallest absolute Gasteiger partial charge is 0.369 e. The van der Waals surface area contributed by atoms with E-state index in [0.717, 1.165) is 42.7 Å². The van der Waals surface area contributed by atoms with Crippen molar-refractivity contribution in [1.29, 1.82) is 0 Å². The molecular weight excluding hydrogens is 385 g/mol. The summed E-state index contributed by atoms with van der Waals surface area (Å²) >= 11 is 6.12. The van der Waals surface area contributed by atoms with Crippen molar-refractivity contribution in [2.45, 2.75) is 25.6 Å². The molecular formula is C17H16ClF3N4O2. The lowest BCUT2D eigenvalue weighted by molar-refractivity contribution is -0.137. The summed E-state index contributed by atoms with van der Waals surface area (Å²) in [6, 6.07) is 4.23. The second kappa shape index (κ2) is 7.59. The molecule has 27 heavy (non-hydrogen) atoms. The van der Waals surface area contributed by atoms with Crippen molar-refractivity contribution in [2.75, 3.05) is 23.3 Å². The fraction of sp³-hybridized carbons (Fsp3) is 0.353. The largest absolute Gasteiger partial charge is 0.416 e. The Hall–Kier alpha value is -2.55. The zero-order valence-electron chi connectivity index (χ0n) is 14.1. The van der Waals surface area contributed by atoms with E-state index >= 15 is 0 Å². The molecule has 3 rings (SSSR count). The summed E-state index contributed by atoms with van der Waals surface area (Å²) in [5.74, 6) is -0.686. The van der Waals surface area contributed by atoms with Gasteiger partial charge in [0.1, 0.15) is 11.6 Å². The Morgan fingerprint density at radius 3 is 2.63 bits per heavy atom. The summed E-state index contributed by atoms with van der Waals surface area (Å²) in [6.07, 6.45) is -1.09. The highest BCUT2D eigenvalue weighted by Gasteiger charge is 2.30. The number of hydrogen-bond donors (Lipinski definition) is 1. The van der Waals surface area contributed by atoms with Gasteiger partial charge in [-0.05, 0) is 31.0 Å². The highest BCUT2D eigenvalue weighted by atomic mass is 35.5. The molecule has 6 nitrogen and oxygen atoms in total. The van der Waals surface area contributed by atoms with E-state index in [0.29, 0.717) is 5.69 Å². The molecule has 2 aromatic rings. The molecule has 2 heterocycles. The van der Waals surface area contributed by atoms with Crippen LogP contribution >= 0.6 is 11.6 Å². The van der Waals surface area contributed by atoms with Crippen LogP contribution < -0.4 is 15.8 Å². The van der Waals surface area contributed by atoms with Gasteiger partial charge in [0, 0.05) is 18.8 Å². The number of halogens is 4. The number of amides is 1. The molecule has 1 aliphatic rings. The maximum Gasteiger partial charge on any atom is 0.416 e. The number of nitrogens with one attached hydrogen (secondary N) is 1. The van der Waals surface area contributed by atoms with Gasteiger partial charge in [-0.2, -0.15) is 18.3 Å². The maximum atomic E-state index is 12.7. The molecule has 0 atom stereocenters. The molecule has 1 amide bonds. The molecule has 0 unspecified atom stereocenters. The second-order valence-corrected chi connectivity index (χ2v) is 6.51. The van der Waals surface area contributed by atoms with Gasteiger partial charge in [-0.3, -0.25) is 9.59 Å². The quantitative estimate of drug-likeness (QED) is 0.856. The third-order valence-electron chi connectivity index (χ3n) is 4.18. The van der Waals surface area contributed by atoms with E-state index in [1.54, 1.807) is 0 Å². The van der Waals surface area contributed by atoms with Crippen LogP contribution in [-0.2, 0) is 17.5 Å². The number of rotatable bonds is 4. The normalized spacial score (nSPS) is 14.4. The number of benzene rings is 1. The monoisotopic (exact) mass is 400 g/mol. The van der Waals surface area contributed by atoms with Crippen molar-refractivity contribution in [1.82, 2.24) is 9.78 Å². The lowest BCUT2D eigenvalue weighted by Gasteiger charge is -2.18. The third kappa shape index (κ3) is 4.41. The van der Waals surface area contributed by atoms with Crippen LogP contribution in [0, 0.1) is 0 Å². The molecule has 0 bridgehead atoms. The van der Waals surface area contributed by atoms with Gasteiger partial charge in [0.2, 0.25) is 5.91 Å². The first-order valence-corrected chi connectivity index (χ1v) is 8.61. The number of carbonyl (C=O) groups excluding carboxylic acids is 1. The molecule has 1 N–H and O–H groups in total. The minimum atomic E-state index is -4.52. The van der Waals surface area contributed by atoms with Crippen molar-refractivity contribution < 1.29 is 18.0 Å². The van der Waals surface area contributed by atoms with Crippen LogP contribution in [0.3, 0.4) is 0 Å². The van der Waals surface area contributed by atoms with Crippen LogP contribution in [0.5, 0.6) is 0 Å². The number of aromatic nitrogens is 2. The standard InChI is InChI=1S/C17H16ClF3N4O2/c18-15-13(24-6-1-2-7-24)9-22-25(16(15)27)10-14(26)23-12-5-3-4-11(8-12)17(19,20)21/h3-5,8-9H,1-2,6-7,10H2,(H,23,26). The Morgan fingerprint density at radius 2 is 1.96 bits per heavy atom. The first-order chi connectivity index (χ1) is 12.8. The third-order valence-corrected chi connectivity index (χ3v) is 4.54. The van der Waals surface area contributed by atoms with E-state index in [1.165, 1.54) is 18.3 Å². The van der Waals surface area contributed by atoms with Crippen LogP contribution in [0.25, 0.3) is 0 Å². The summed E-state index contributed by atoms with van der Waals surface area (Å²) in [5.41, 5.74) is -1.01. The molecule has 0 aliphatic carbocycles. The van der Waals surface area contributed by atoms with Crippen molar-refractivity contribution in [3.8, 4) is 0 Å². The Kier molecular flexibility index (Phi) is 5.41. The Bertz CT molecular complexity index is 908. The Balaban J connectivity index is 1.73. The highest BCUT2D eigenvalue weighted by Crippen LogP contribution is 2.30. The predicted octanol–water partition coefficient (Wildman–Crippen LogP) is 3.15. The number of hydrogen-bond acceptors (Lipinski definition) is 4. The fourth-order valence-corrected chi connectivity index (χ4v) is 3.12. The van der Waals surface area contributed by atoms with Crippen molar-refractivity contribution >= 4 is 28.9 Å². The molecule has 0 spiro atoms. The summed E-state index contributed by atoms with van der Waals surface area (Å²) in [5, 5.41) is 6.26. The molecule has 1 saturated heterocycles. The van der Waals surface area contributed by atoms with E-state index < -0.39 is 29.8 Å². The van der Waals surface area contributed by atoms with E-state index in [9.17, 15) is 22.8 Å². The predicted molar refractivity (Wildman–Crippen MR) is 95.0 cm³/mol. The molecule has 1 fully saturated rings. The number of carbonyl (C=O) groups is 1. The molecule has 1 aliphatic heterocycles. The topological polar surface area (TPSA) is 67.2 Å². The van der Waals surface area contributed by atoms with Crippen LogP contribution in [0.15, 0.2) is 35.3 Å². The van der Waals surface area contributed by atoms with Crippen molar-refractivity contribution in [2.24, 2.45) is 0 Å².